The van der Waals surface area contributed by atoms with E-state index in [-0.39, 0.29) is 12.3 Å². The van der Waals surface area contributed by atoms with Crippen molar-refractivity contribution in [3.63, 3.8) is 0 Å². The molecular formula is C25H25NO5. The number of carbonyl (C=O) groups is 1. The first-order chi connectivity index (χ1) is 14.9. The van der Waals surface area contributed by atoms with Crippen molar-refractivity contribution in [1.29, 1.82) is 0 Å². The van der Waals surface area contributed by atoms with Crippen LogP contribution in [0, 0.1) is 20.8 Å². The number of fused-ring (bicyclic) bond motifs is 2. The van der Waals surface area contributed by atoms with E-state index in [0.29, 0.717) is 29.7 Å². The van der Waals surface area contributed by atoms with Crippen LogP contribution in [0.3, 0.4) is 0 Å². The zero-order valence-corrected chi connectivity index (χ0v) is 18.1. The maximum Gasteiger partial charge on any atom is 0.340 e. The van der Waals surface area contributed by atoms with E-state index in [1.54, 1.807) is 13.2 Å². The van der Waals surface area contributed by atoms with Gasteiger partial charge < -0.3 is 18.9 Å². The van der Waals surface area contributed by atoms with Gasteiger partial charge in [-0.2, -0.15) is 0 Å². The average molecular weight is 419 g/mol. The molecule has 0 bridgehead atoms. The van der Waals surface area contributed by atoms with E-state index in [1.165, 1.54) is 0 Å². The molecule has 0 spiro atoms. The van der Waals surface area contributed by atoms with Gasteiger partial charge in [0.25, 0.3) is 0 Å². The van der Waals surface area contributed by atoms with Gasteiger partial charge in [0.15, 0.2) is 0 Å². The number of para-hydroxylation sites is 1. The molecule has 2 heterocycles. The van der Waals surface area contributed by atoms with Gasteiger partial charge in [0, 0.05) is 23.4 Å². The van der Waals surface area contributed by atoms with Crippen LogP contribution in [0.5, 0.6) is 5.75 Å². The lowest BCUT2D eigenvalue weighted by Gasteiger charge is -2.10. The van der Waals surface area contributed by atoms with E-state index < -0.39 is 5.63 Å². The van der Waals surface area contributed by atoms with E-state index >= 15 is 0 Å². The Balaban J connectivity index is 1.54. The van der Waals surface area contributed by atoms with Gasteiger partial charge in [-0.25, -0.2) is 4.79 Å². The average Bonchev–Trinajstić information content (AvgIpc) is 3.03. The van der Waals surface area contributed by atoms with Crippen LogP contribution in [0.4, 0.5) is 0 Å². The highest BCUT2D eigenvalue weighted by Crippen LogP contribution is 2.31. The third-order valence-corrected chi connectivity index (χ3v) is 5.83. The number of nitrogens with one attached hydrogen (secondary N) is 1. The number of aryl methyl sites for hydroxylation is 3. The maximum atomic E-state index is 12.6. The molecule has 0 atom stereocenters. The summed E-state index contributed by atoms with van der Waals surface area (Å²) < 4.78 is 16.6. The SMILES string of the molecule is COc1ccccc1CCNC(=O)Cc1c(C)c2cc3c(C)c(C)oc3cc2oc1=O. The van der Waals surface area contributed by atoms with Gasteiger partial charge in [0.2, 0.25) is 5.91 Å². The largest absolute Gasteiger partial charge is 0.496 e. The highest BCUT2D eigenvalue weighted by molar-refractivity contribution is 5.97. The van der Waals surface area contributed by atoms with Gasteiger partial charge in [-0.05, 0) is 56.0 Å². The van der Waals surface area contributed by atoms with Gasteiger partial charge >= 0.3 is 5.63 Å². The molecule has 6 nitrogen and oxygen atoms in total. The Hall–Kier alpha value is -3.54. The summed E-state index contributed by atoms with van der Waals surface area (Å²) in [5.74, 6) is 1.40. The fraction of sp³-hybridized carbons (Fsp3) is 0.280. The molecule has 2 aromatic heterocycles. The second kappa shape index (κ2) is 8.30. The summed E-state index contributed by atoms with van der Waals surface area (Å²) in [6.45, 7) is 6.21. The van der Waals surface area contributed by atoms with Crippen LogP contribution >= 0.6 is 0 Å². The number of ether oxygens (including phenoxy) is 1. The Labute approximate surface area is 179 Å². The molecule has 0 aliphatic heterocycles. The second-order valence-corrected chi connectivity index (χ2v) is 7.71. The van der Waals surface area contributed by atoms with Crippen LogP contribution < -0.4 is 15.7 Å². The van der Waals surface area contributed by atoms with Gasteiger partial charge in [-0.3, -0.25) is 4.79 Å². The second-order valence-electron chi connectivity index (χ2n) is 7.71. The maximum absolute atomic E-state index is 12.6. The summed E-state index contributed by atoms with van der Waals surface area (Å²) in [4.78, 5) is 25.1. The van der Waals surface area contributed by atoms with E-state index in [0.717, 1.165) is 39.0 Å². The third kappa shape index (κ3) is 3.93. The Bertz CT molecular complexity index is 1350. The highest BCUT2D eigenvalue weighted by Gasteiger charge is 2.17. The lowest BCUT2D eigenvalue weighted by Crippen LogP contribution is -2.29. The van der Waals surface area contributed by atoms with Crippen molar-refractivity contribution >= 4 is 27.8 Å². The molecule has 160 valence electrons. The van der Waals surface area contributed by atoms with Gasteiger partial charge in [0.1, 0.15) is 22.7 Å². The summed E-state index contributed by atoms with van der Waals surface area (Å²) in [6, 6.07) is 11.4. The smallest absolute Gasteiger partial charge is 0.340 e. The van der Waals surface area contributed by atoms with Gasteiger partial charge in [-0.15, -0.1) is 0 Å². The standard InChI is InChI=1S/C25H25NO5/c1-14-16(3)30-22-13-23-19(11-18(14)22)15(2)20(25(28)31-23)12-24(27)26-10-9-17-7-5-6-8-21(17)29-4/h5-8,11,13H,9-10,12H2,1-4H3,(H,26,27). The Morgan fingerprint density at radius 1 is 1.00 bits per heavy atom. The summed E-state index contributed by atoms with van der Waals surface area (Å²) in [5.41, 5.74) is 3.85. The summed E-state index contributed by atoms with van der Waals surface area (Å²) in [5, 5.41) is 4.68. The minimum absolute atomic E-state index is 0.0303. The Kier molecular flexibility index (Phi) is 5.55. The quantitative estimate of drug-likeness (QED) is 0.469. The van der Waals surface area contributed by atoms with E-state index in [2.05, 4.69) is 5.32 Å². The monoisotopic (exact) mass is 419 g/mol. The third-order valence-electron chi connectivity index (χ3n) is 5.83. The number of rotatable bonds is 6. The molecule has 0 unspecified atom stereocenters. The van der Waals surface area contributed by atoms with Crippen molar-refractivity contribution < 1.29 is 18.4 Å². The molecule has 0 aliphatic carbocycles. The number of furan rings is 1. The molecule has 1 amide bonds. The fourth-order valence-corrected chi connectivity index (χ4v) is 3.90. The van der Waals surface area contributed by atoms with Gasteiger partial charge in [0.05, 0.1) is 19.1 Å². The number of methoxy groups -OCH3 is 1. The summed E-state index contributed by atoms with van der Waals surface area (Å²) >= 11 is 0. The summed E-state index contributed by atoms with van der Waals surface area (Å²) in [6.07, 6.45) is 0.607. The van der Waals surface area contributed by atoms with E-state index in [1.807, 2.05) is 51.1 Å². The topological polar surface area (TPSA) is 81.7 Å². The predicted molar refractivity (Wildman–Crippen MR) is 120 cm³/mol. The van der Waals surface area contributed by atoms with Crippen molar-refractivity contribution in [2.24, 2.45) is 0 Å². The first-order valence-electron chi connectivity index (χ1n) is 10.2. The first-order valence-corrected chi connectivity index (χ1v) is 10.2. The molecule has 0 saturated heterocycles. The zero-order valence-electron chi connectivity index (χ0n) is 18.1. The molecular weight excluding hydrogens is 394 g/mol. The van der Waals surface area contributed by atoms with E-state index in [9.17, 15) is 9.59 Å². The molecule has 4 rings (SSSR count). The molecule has 0 fully saturated rings. The van der Waals surface area contributed by atoms with Crippen molar-refractivity contribution in [3.05, 3.63) is 74.8 Å². The van der Waals surface area contributed by atoms with Crippen LogP contribution in [0.2, 0.25) is 0 Å². The molecule has 2 aromatic carbocycles. The van der Waals surface area contributed by atoms with E-state index in [4.69, 9.17) is 13.6 Å². The van der Waals surface area contributed by atoms with Crippen molar-refractivity contribution in [2.45, 2.75) is 33.6 Å². The number of carbonyl (C=O) groups excluding carboxylic acids is 1. The molecule has 1 N–H and O–H groups in total. The van der Waals surface area contributed by atoms with Crippen molar-refractivity contribution in [2.75, 3.05) is 13.7 Å². The van der Waals surface area contributed by atoms with Crippen LogP contribution in [0.25, 0.3) is 21.9 Å². The first kappa shape index (κ1) is 20.7. The predicted octanol–water partition coefficient (Wildman–Crippen LogP) is 4.37. The zero-order chi connectivity index (χ0) is 22.1. The van der Waals surface area contributed by atoms with Crippen molar-refractivity contribution in [1.82, 2.24) is 5.32 Å². The fourth-order valence-electron chi connectivity index (χ4n) is 3.90. The number of amides is 1. The lowest BCUT2D eigenvalue weighted by molar-refractivity contribution is -0.120. The number of hydrogen-bond acceptors (Lipinski definition) is 5. The molecule has 0 radical (unpaired) electrons. The minimum atomic E-state index is -0.496. The number of benzene rings is 2. The lowest BCUT2D eigenvalue weighted by atomic mass is 10.0. The molecule has 31 heavy (non-hydrogen) atoms. The molecule has 4 aromatic rings. The Morgan fingerprint density at radius 3 is 2.48 bits per heavy atom. The van der Waals surface area contributed by atoms with Crippen LogP contribution in [-0.2, 0) is 17.6 Å². The van der Waals surface area contributed by atoms with Crippen LogP contribution in [0.15, 0.2) is 50.0 Å². The van der Waals surface area contributed by atoms with Crippen LogP contribution in [0.1, 0.15) is 28.0 Å². The summed E-state index contributed by atoms with van der Waals surface area (Å²) in [7, 11) is 1.62. The van der Waals surface area contributed by atoms with Crippen molar-refractivity contribution in [3.8, 4) is 5.75 Å². The van der Waals surface area contributed by atoms with Gasteiger partial charge in [-0.1, -0.05) is 18.2 Å². The minimum Gasteiger partial charge on any atom is -0.496 e. The highest BCUT2D eigenvalue weighted by atomic mass is 16.5. The normalized spacial score (nSPS) is 11.2. The van der Waals surface area contributed by atoms with Crippen LogP contribution in [-0.4, -0.2) is 19.6 Å². The molecule has 0 aliphatic rings. The Morgan fingerprint density at radius 2 is 1.71 bits per heavy atom. The number of hydrogen-bond donors (Lipinski definition) is 1. The molecule has 0 saturated carbocycles. The molecule has 6 heteroatoms.